The van der Waals surface area contributed by atoms with Crippen molar-refractivity contribution in [3.05, 3.63) is 0 Å². The number of aliphatic hydroxyl groups is 4. The van der Waals surface area contributed by atoms with E-state index in [0.717, 1.165) is 32.1 Å². The molecule has 0 aliphatic heterocycles. The van der Waals surface area contributed by atoms with Gasteiger partial charge in [0.1, 0.15) is 49.5 Å². The van der Waals surface area contributed by atoms with Crippen molar-refractivity contribution in [1.29, 1.82) is 0 Å². The highest BCUT2D eigenvalue weighted by atomic mass is 31.2. The number of nitrogens with one attached hydrogen (secondary N) is 1. The molecule has 0 aromatic heterocycles. The highest BCUT2D eigenvalue weighted by Gasteiger charge is 2.56. The van der Waals surface area contributed by atoms with Crippen LogP contribution in [0.1, 0.15) is 142 Å². The number of aliphatic hydroxyl groups excluding tert-OH is 4. The highest BCUT2D eigenvalue weighted by Crippen LogP contribution is 2.51. The number of hydrogen-bond donors (Lipinski definition) is 10. The quantitative estimate of drug-likeness (QED) is 0.0102. The monoisotopic (exact) mass is 1060 g/mol. The number of amides is 1. The largest absolute Gasteiger partial charge is 0.472 e. The molecule has 0 aromatic carbocycles. The van der Waals surface area contributed by atoms with Crippen molar-refractivity contribution in [2.45, 2.75) is 166 Å². The number of esters is 1. The summed E-state index contributed by atoms with van der Waals surface area (Å²) in [5.41, 5.74) is 0. The van der Waals surface area contributed by atoms with Gasteiger partial charge in [-0.05, 0) is 55.3 Å². The van der Waals surface area contributed by atoms with Gasteiger partial charge < -0.3 is 54.4 Å². The van der Waals surface area contributed by atoms with Crippen LogP contribution >= 0.6 is 23.5 Å². The number of carbonyl (C=O) groups excluding carboxylic acids is 2. The number of rotatable bonds is 29. The smallest absolute Gasteiger partial charge is 0.457 e. The van der Waals surface area contributed by atoms with E-state index >= 15 is 0 Å². The fraction of sp³-hybridized carbons (Fsp3) is 0.644. The van der Waals surface area contributed by atoms with Gasteiger partial charge in [0, 0.05) is 73.0 Å². The van der Waals surface area contributed by atoms with Crippen molar-refractivity contribution in [3.8, 4) is 83.0 Å². The molecular formula is C45H90NO20P3. The van der Waals surface area contributed by atoms with Gasteiger partial charge in [-0.2, -0.15) is 0 Å². The van der Waals surface area contributed by atoms with Gasteiger partial charge in [-0.15, -0.1) is 0 Å². The van der Waals surface area contributed by atoms with E-state index in [2.05, 4.69) is 104 Å². The first-order valence-corrected chi connectivity index (χ1v) is 26.5. The number of phosphoric ester groups is 3. The van der Waals surface area contributed by atoms with Crippen LogP contribution in [0.15, 0.2) is 0 Å². The summed E-state index contributed by atoms with van der Waals surface area (Å²) in [7, 11) is -16.4. The van der Waals surface area contributed by atoms with Crippen molar-refractivity contribution in [2.24, 2.45) is 0 Å². The van der Waals surface area contributed by atoms with Crippen LogP contribution in [0.5, 0.6) is 0 Å². The van der Waals surface area contributed by atoms with Crippen LogP contribution in [0.25, 0.3) is 0 Å². The maximum Gasteiger partial charge on any atom is 0.472 e. The first-order valence-electron chi connectivity index (χ1n) is 22.0. The fourth-order valence-corrected chi connectivity index (χ4v) is 7.95. The molecule has 1 rings (SSSR count). The van der Waals surface area contributed by atoms with Gasteiger partial charge >= 0.3 is 29.4 Å². The van der Waals surface area contributed by atoms with Crippen LogP contribution in [-0.2, 0) is 50.9 Å². The molecule has 0 radical (unpaired) electrons. The van der Waals surface area contributed by atoms with Crippen LogP contribution in [0.2, 0.25) is 0 Å². The summed E-state index contributed by atoms with van der Waals surface area (Å²) in [5, 5.41) is 42.6. The van der Waals surface area contributed by atoms with Gasteiger partial charge in [0.15, 0.2) is 0 Å². The Morgan fingerprint density at radius 1 is 0.565 bits per heavy atom. The average Bonchev–Trinajstić information content (AvgIpc) is 3.27. The Labute approximate surface area is 423 Å². The van der Waals surface area contributed by atoms with Crippen molar-refractivity contribution in [2.75, 3.05) is 20.0 Å². The number of ether oxygens (including phenoxy) is 2. The van der Waals surface area contributed by atoms with Crippen LogP contribution in [0, 0.1) is 83.0 Å². The maximum absolute atomic E-state index is 12.7. The van der Waals surface area contributed by atoms with Crippen molar-refractivity contribution in [1.82, 2.24) is 5.32 Å². The van der Waals surface area contributed by atoms with E-state index in [9.17, 15) is 43.5 Å². The van der Waals surface area contributed by atoms with Crippen LogP contribution in [-0.4, -0.2) is 120 Å². The third-order valence-corrected chi connectivity index (χ3v) is 11.0. The Morgan fingerprint density at radius 2 is 0.971 bits per heavy atom. The van der Waals surface area contributed by atoms with E-state index in [4.69, 9.17) is 43.2 Å². The first kappa shape index (κ1) is 65.0. The number of hydrogen-bond acceptors (Lipinski definition) is 15. The molecule has 21 nitrogen and oxygen atoms in total. The molecule has 1 aliphatic carbocycles. The SMILES string of the molecule is CC#CC#CC#CC#CC#CC#CC#CNC(=O)CCC.CCCCCCCCCCCCCCCC(=O)O[C@H](COCO)COP(=O)(O)OC1C(O)[C@H](OP(=O)(O)O)C(O)C(OP(=O)(O)O)[C@@H]1O.[HH].[HH].[HH].[HH].[HH].[HH].[HH].[HH].[HH].[HH].[HH].[HH].[HH]. The predicted molar refractivity (Wildman–Crippen MR) is 276 cm³/mol. The molecule has 1 fully saturated rings. The van der Waals surface area contributed by atoms with Gasteiger partial charge in [-0.25, -0.2) is 13.7 Å². The molecule has 0 heterocycles. The van der Waals surface area contributed by atoms with E-state index in [0.29, 0.717) is 12.8 Å². The fourth-order valence-electron chi connectivity index (χ4n) is 5.85. The topological polar surface area (TPSA) is 335 Å². The Morgan fingerprint density at radius 3 is 1.38 bits per heavy atom. The van der Waals surface area contributed by atoms with Crippen LogP contribution in [0.4, 0.5) is 0 Å². The molecule has 0 aromatic rings. The minimum absolute atomic E-state index is 0. The summed E-state index contributed by atoms with van der Waals surface area (Å²) in [6, 6.07) is 2.43. The average molecular weight is 1060 g/mol. The number of unbranched alkanes of at least 4 members (excludes halogenated alkanes) is 12. The van der Waals surface area contributed by atoms with Crippen molar-refractivity contribution < 1.29 is 114 Å². The molecule has 1 amide bonds. The van der Waals surface area contributed by atoms with E-state index in [1.807, 2.05) is 6.92 Å². The van der Waals surface area contributed by atoms with Gasteiger partial charge in [0.05, 0.1) is 13.2 Å². The lowest BCUT2D eigenvalue weighted by Gasteiger charge is -2.44. The molecule has 69 heavy (non-hydrogen) atoms. The number of carbonyl (C=O) groups is 2. The minimum Gasteiger partial charge on any atom is -0.457 e. The second-order valence-electron chi connectivity index (χ2n) is 14.7. The van der Waals surface area contributed by atoms with Gasteiger partial charge in [0.2, 0.25) is 5.91 Å². The lowest BCUT2D eigenvalue weighted by Crippen LogP contribution is -2.65. The first-order chi connectivity index (χ1) is 32.7. The zero-order chi connectivity index (χ0) is 52.0. The summed E-state index contributed by atoms with van der Waals surface area (Å²) in [5.74, 6) is 31.8. The van der Waals surface area contributed by atoms with E-state index in [1.54, 1.807) is 6.92 Å². The zero-order valence-corrected chi connectivity index (χ0v) is 41.5. The molecule has 10 N–H and O–H groups in total. The molecule has 1 saturated carbocycles. The molecule has 24 heteroatoms. The molecule has 8 atom stereocenters. The van der Waals surface area contributed by atoms with Crippen LogP contribution < -0.4 is 5.32 Å². The lowest BCUT2D eigenvalue weighted by atomic mass is 9.85. The third-order valence-electron chi connectivity index (χ3n) is 8.95. The van der Waals surface area contributed by atoms with E-state index < -0.39 is 92.2 Å². The molecule has 1 aliphatic rings. The molecule has 410 valence electrons. The highest BCUT2D eigenvalue weighted by molar-refractivity contribution is 7.47. The van der Waals surface area contributed by atoms with E-state index in [-0.39, 0.29) is 30.9 Å². The van der Waals surface area contributed by atoms with Crippen molar-refractivity contribution in [3.63, 3.8) is 0 Å². The molecule has 5 unspecified atom stereocenters. The zero-order valence-electron chi connectivity index (χ0n) is 38.8. The molecule has 0 saturated heterocycles. The summed E-state index contributed by atoms with van der Waals surface area (Å²) >= 11 is 0. The van der Waals surface area contributed by atoms with Crippen LogP contribution in [0.3, 0.4) is 0 Å². The summed E-state index contributed by atoms with van der Waals surface area (Å²) in [6.45, 7) is 3.63. The summed E-state index contributed by atoms with van der Waals surface area (Å²) < 4.78 is 63.4. The summed E-state index contributed by atoms with van der Waals surface area (Å²) in [4.78, 5) is 70.1. The Balaban J connectivity index is -0.0000000986. The standard InChI is InChI=1S/C26H53O19P3.C19H11NO.13H2/c1-2-3-4-5-6-7-8-9-10-11-12-13-14-15-20(28)42-19(16-40-18-27)17-41-48(38,39)45-26-22(30)24(43-46(32,33)34)21(29)25(23(26)31)44-47(35,36)37;1-3-5-6-7-8-9-10-11-12-13-14-15-16-18-20-19(21)17-4-2;;;;;;;;;;;;;/h19,21-27,29-31H,2-18H2,1H3,(H,38,39)(H2,32,33,34)(H2,35,36,37);4,17H2,1-2H3,(H,20,21);13*1H/t19-,21?,22+,23?,24?,25-,26?;;;;;;;;;;;;;;/m1............../s1. The normalized spacial score (nSPS) is 19.4. The van der Waals surface area contributed by atoms with Gasteiger partial charge in [-0.1, -0.05) is 96.8 Å². The van der Waals surface area contributed by atoms with Crippen molar-refractivity contribution >= 4 is 35.3 Å². The second kappa shape index (κ2) is 38.7. The Kier molecular flexibility index (Phi) is 36.5. The lowest BCUT2D eigenvalue weighted by molar-refractivity contribution is -0.213. The number of phosphoric acid groups is 3. The predicted octanol–water partition coefficient (Wildman–Crippen LogP) is 6.00. The summed E-state index contributed by atoms with van der Waals surface area (Å²) in [6.07, 6.45) is -0.506. The third kappa shape index (κ3) is 35.7. The maximum atomic E-state index is 12.7. The van der Waals surface area contributed by atoms with E-state index in [1.165, 1.54) is 51.4 Å². The van der Waals surface area contributed by atoms with Gasteiger partial charge in [0.25, 0.3) is 0 Å². The minimum atomic E-state index is -5.51. The Hall–Kier alpha value is -4.01. The Bertz CT molecular complexity index is 2160. The van der Waals surface area contributed by atoms with Gasteiger partial charge in [-0.3, -0.25) is 33.0 Å². The molecule has 0 spiro atoms. The second-order valence-corrected chi connectivity index (χ2v) is 18.5. The molecular weight excluding hydrogens is 967 g/mol. The molecule has 0 bridgehead atoms.